The van der Waals surface area contributed by atoms with E-state index in [-0.39, 0.29) is 15.4 Å². The summed E-state index contributed by atoms with van der Waals surface area (Å²) < 4.78 is 55.9. The lowest BCUT2D eigenvalue weighted by Gasteiger charge is -2.29. The van der Waals surface area contributed by atoms with Gasteiger partial charge in [-0.1, -0.05) is 31.2 Å². The minimum atomic E-state index is -3.81. The van der Waals surface area contributed by atoms with Crippen molar-refractivity contribution in [2.45, 2.75) is 43.4 Å². The lowest BCUT2D eigenvalue weighted by molar-refractivity contribution is 0.102. The molecule has 37 heavy (non-hydrogen) atoms. The van der Waals surface area contributed by atoms with Crippen LogP contribution in [0, 0.1) is 19.8 Å². The molecule has 10 heteroatoms. The Bertz CT molecular complexity index is 1510. The molecule has 1 saturated heterocycles. The van der Waals surface area contributed by atoms with E-state index >= 15 is 0 Å². The molecule has 196 valence electrons. The minimum absolute atomic E-state index is 0.0499. The van der Waals surface area contributed by atoms with Crippen molar-refractivity contribution in [1.29, 1.82) is 0 Å². The lowest BCUT2D eigenvalue weighted by Crippen LogP contribution is -2.38. The van der Waals surface area contributed by atoms with Crippen LogP contribution < -0.4 is 10.0 Å². The Morgan fingerprint density at radius 2 is 1.46 bits per heavy atom. The van der Waals surface area contributed by atoms with E-state index in [1.807, 2.05) is 19.1 Å². The number of anilines is 2. The summed E-state index contributed by atoms with van der Waals surface area (Å²) >= 11 is 0. The summed E-state index contributed by atoms with van der Waals surface area (Å²) in [6.45, 7) is 6.59. The fraction of sp³-hybridized carbons (Fsp3) is 0.296. The summed E-state index contributed by atoms with van der Waals surface area (Å²) in [6, 6.07) is 17.4. The quantitative estimate of drug-likeness (QED) is 0.447. The molecule has 1 heterocycles. The number of carbonyl (C=O) groups is 1. The first-order valence-electron chi connectivity index (χ1n) is 12.1. The number of piperidine rings is 1. The Kier molecular flexibility index (Phi) is 7.72. The molecule has 0 aliphatic carbocycles. The second kappa shape index (κ2) is 10.6. The highest BCUT2D eigenvalue weighted by Gasteiger charge is 2.29. The maximum atomic E-state index is 13.2. The summed E-state index contributed by atoms with van der Waals surface area (Å²) in [6.07, 6.45) is 1.62. The average Bonchev–Trinajstić information content (AvgIpc) is 2.86. The number of carbonyl (C=O) groups excluding carboxylic acids is 1. The van der Waals surface area contributed by atoms with Crippen LogP contribution in [0.15, 0.2) is 76.5 Å². The number of para-hydroxylation sites is 1. The van der Waals surface area contributed by atoms with Crippen LogP contribution in [0.2, 0.25) is 0 Å². The Morgan fingerprint density at radius 1 is 0.838 bits per heavy atom. The van der Waals surface area contributed by atoms with Crippen LogP contribution in [0.4, 0.5) is 11.4 Å². The molecule has 0 bridgehead atoms. The van der Waals surface area contributed by atoms with Gasteiger partial charge in [-0.05, 0) is 86.2 Å². The number of nitrogens with one attached hydrogen (secondary N) is 2. The highest BCUT2D eigenvalue weighted by Crippen LogP contribution is 2.26. The zero-order valence-electron chi connectivity index (χ0n) is 21.1. The van der Waals surface area contributed by atoms with Gasteiger partial charge in [0.25, 0.3) is 15.9 Å². The van der Waals surface area contributed by atoms with Gasteiger partial charge in [-0.3, -0.25) is 9.52 Å². The SMILES string of the molecule is Cc1ccccc1NS(=O)(=O)c1ccc(NC(=O)c2cc(S(=O)(=O)N3CCC(C)CC3)ccc2C)cc1. The molecule has 3 aromatic carbocycles. The van der Waals surface area contributed by atoms with Crippen LogP contribution in [0.25, 0.3) is 0 Å². The molecule has 0 atom stereocenters. The third-order valence-corrected chi connectivity index (χ3v) is 9.92. The van der Waals surface area contributed by atoms with Crippen molar-refractivity contribution >= 4 is 37.3 Å². The van der Waals surface area contributed by atoms with Gasteiger partial charge in [-0.25, -0.2) is 16.8 Å². The largest absolute Gasteiger partial charge is 0.322 e. The number of sulfonamides is 2. The van der Waals surface area contributed by atoms with Crippen LogP contribution in [-0.4, -0.2) is 40.1 Å². The molecular formula is C27H31N3O5S2. The molecule has 4 rings (SSSR count). The van der Waals surface area contributed by atoms with Gasteiger partial charge in [0.15, 0.2) is 0 Å². The van der Waals surface area contributed by atoms with Gasteiger partial charge in [0, 0.05) is 24.3 Å². The molecule has 8 nitrogen and oxygen atoms in total. The lowest BCUT2D eigenvalue weighted by atomic mass is 10.0. The number of aryl methyl sites for hydroxylation is 2. The number of hydrogen-bond acceptors (Lipinski definition) is 5. The van der Waals surface area contributed by atoms with E-state index < -0.39 is 26.0 Å². The van der Waals surface area contributed by atoms with Gasteiger partial charge in [0.1, 0.15) is 0 Å². The molecule has 1 aliphatic rings. The van der Waals surface area contributed by atoms with E-state index in [9.17, 15) is 21.6 Å². The van der Waals surface area contributed by atoms with Crippen molar-refractivity contribution in [2.75, 3.05) is 23.1 Å². The van der Waals surface area contributed by atoms with Gasteiger partial charge < -0.3 is 5.32 Å². The van der Waals surface area contributed by atoms with E-state index in [1.165, 1.54) is 40.7 Å². The van der Waals surface area contributed by atoms with Gasteiger partial charge >= 0.3 is 0 Å². The summed E-state index contributed by atoms with van der Waals surface area (Å²) in [7, 11) is -7.51. The maximum absolute atomic E-state index is 13.2. The number of hydrogen-bond donors (Lipinski definition) is 2. The molecule has 0 unspecified atom stereocenters. The van der Waals surface area contributed by atoms with Crippen LogP contribution in [-0.2, 0) is 20.0 Å². The van der Waals surface area contributed by atoms with Gasteiger partial charge in [-0.2, -0.15) is 4.31 Å². The van der Waals surface area contributed by atoms with Crippen molar-refractivity contribution < 1.29 is 21.6 Å². The average molecular weight is 542 g/mol. The first kappa shape index (κ1) is 26.8. The molecule has 0 aromatic heterocycles. The fourth-order valence-electron chi connectivity index (χ4n) is 4.19. The second-order valence-corrected chi connectivity index (χ2v) is 13.1. The number of nitrogens with zero attached hydrogens (tertiary/aromatic N) is 1. The van der Waals surface area contributed by atoms with Crippen molar-refractivity contribution in [3.05, 3.63) is 83.4 Å². The Labute approximate surface area is 218 Å². The monoisotopic (exact) mass is 541 g/mol. The zero-order chi connectivity index (χ0) is 26.8. The first-order valence-corrected chi connectivity index (χ1v) is 15.0. The topological polar surface area (TPSA) is 113 Å². The van der Waals surface area contributed by atoms with E-state index in [1.54, 1.807) is 25.1 Å². The van der Waals surface area contributed by atoms with Gasteiger partial charge in [0.2, 0.25) is 10.0 Å². The molecule has 1 amide bonds. The molecule has 1 fully saturated rings. The Balaban J connectivity index is 1.50. The minimum Gasteiger partial charge on any atom is -0.322 e. The molecule has 1 aliphatic heterocycles. The third kappa shape index (κ3) is 6.03. The summed E-state index contributed by atoms with van der Waals surface area (Å²) in [5.74, 6) is 0.0147. The number of amides is 1. The number of benzene rings is 3. The van der Waals surface area contributed by atoms with Crippen LogP contribution >= 0.6 is 0 Å². The normalized spacial score (nSPS) is 15.3. The molecule has 2 N–H and O–H groups in total. The van der Waals surface area contributed by atoms with Crippen LogP contribution in [0.1, 0.15) is 41.3 Å². The highest BCUT2D eigenvalue weighted by molar-refractivity contribution is 7.92. The van der Waals surface area contributed by atoms with E-state index in [0.29, 0.717) is 35.9 Å². The third-order valence-electron chi connectivity index (χ3n) is 6.65. The van der Waals surface area contributed by atoms with Gasteiger partial charge in [0.05, 0.1) is 15.5 Å². The molecule has 0 saturated carbocycles. The maximum Gasteiger partial charge on any atom is 0.261 e. The van der Waals surface area contributed by atoms with Crippen molar-refractivity contribution in [1.82, 2.24) is 4.31 Å². The van der Waals surface area contributed by atoms with Crippen molar-refractivity contribution in [3.63, 3.8) is 0 Å². The second-order valence-electron chi connectivity index (χ2n) is 9.46. The fourth-order valence-corrected chi connectivity index (χ4v) is 6.81. The molecule has 0 radical (unpaired) electrons. The summed E-state index contributed by atoms with van der Waals surface area (Å²) in [5.41, 5.74) is 2.54. The van der Waals surface area contributed by atoms with Crippen LogP contribution in [0.3, 0.4) is 0 Å². The standard InChI is InChI=1S/C27H31N3O5S2/c1-19-14-16-30(17-15-19)37(34,35)24-11-8-20(2)25(18-24)27(31)28-22-9-12-23(13-10-22)36(32,33)29-26-7-5-4-6-21(26)3/h4-13,18-19,29H,14-17H2,1-3H3,(H,28,31). The van der Waals surface area contributed by atoms with Crippen molar-refractivity contribution in [2.24, 2.45) is 5.92 Å². The van der Waals surface area contributed by atoms with Crippen LogP contribution in [0.5, 0.6) is 0 Å². The zero-order valence-corrected chi connectivity index (χ0v) is 22.7. The predicted octanol–water partition coefficient (Wildman–Crippen LogP) is 4.78. The smallest absolute Gasteiger partial charge is 0.261 e. The van der Waals surface area contributed by atoms with E-state index in [2.05, 4.69) is 17.0 Å². The number of rotatable bonds is 7. The molecule has 0 spiro atoms. The predicted molar refractivity (Wildman–Crippen MR) is 145 cm³/mol. The van der Waals surface area contributed by atoms with Gasteiger partial charge in [-0.15, -0.1) is 0 Å². The summed E-state index contributed by atoms with van der Waals surface area (Å²) in [4.78, 5) is 13.2. The summed E-state index contributed by atoms with van der Waals surface area (Å²) in [5, 5.41) is 2.74. The highest BCUT2D eigenvalue weighted by atomic mass is 32.2. The Hall–Kier alpha value is -3.21. The molecular weight excluding hydrogens is 510 g/mol. The Morgan fingerprint density at radius 3 is 2.11 bits per heavy atom. The van der Waals surface area contributed by atoms with E-state index in [0.717, 1.165) is 18.4 Å². The first-order chi connectivity index (χ1) is 17.5. The van der Waals surface area contributed by atoms with E-state index in [4.69, 9.17) is 0 Å². The van der Waals surface area contributed by atoms with Crippen molar-refractivity contribution in [3.8, 4) is 0 Å². The molecule has 3 aromatic rings.